The van der Waals surface area contributed by atoms with E-state index < -0.39 is 6.04 Å². The first-order valence-electron chi connectivity index (χ1n) is 10.1. The molecule has 2 aliphatic heterocycles. The first-order valence-corrected chi connectivity index (χ1v) is 11.0. The quantitative estimate of drug-likeness (QED) is 0.525. The minimum Gasteiger partial charge on any atom is -0.321 e. The maximum Gasteiger partial charge on any atom is 0.272 e. The zero-order valence-electron chi connectivity index (χ0n) is 16.7. The van der Waals surface area contributed by atoms with E-state index in [4.69, 9.17) is 0 Å². The van der Waals surface area contributed by atoms with Crippen molar-refractivity contribution in [3.8, 4) is 0 Å². The van der Waals surface area contributed by atoms with Gasteiger partial charge in [0.25, 0.3) is 11.5 Å². The zero-order valence-corrected chi connectivity index (χ0v) is 17.5. The summed E-state index contributed by atoms with van der Waals surface area (Å²) in [6, 6.07) is 26.5. The molecule has 1 N–H and O–H groups in total. The third kappa shape index (κ3) is 2.79. The van der Waals surface area contributed by atoms with Gasteiger partial charge < -0.3 is 5.32 Å². The average molecular weight is 436 g/mol. The number of carbonyl (C=O) groups excluding carboxylic acids is 1. The lowest BCUT2D eigenvalue weighted by molar-refractivity contribution is -0.110. The van der Waals surface area contributed by atoms with E-state index in [1.807, 2.05) is 84.9 Å². The highest BCUT2D eigenvalue weighted by molar-refractivity contribution is 7.07. The van der Waals surface area contributed by atoms with E-state index in [0.29, 0.717) is 26.3 Å². The summed E-state index contributed by atoms with van der Waals surface area (Å²) < 4.78 is 2.03. The molecule has 7 heteroatoms. The Morgan fingerprint density at radius 1 is 0.812 bits per heavy atom. The largest absolute Gasteiger partial charge is 0.321 e. The van der Waals surface area contributed by atoms with Crippen molar-refractivity contribution < 1.29 is 4.79 Å². The number of rotatable bonds is 2. The van der Waals surface area contributed by atoms with Crippen molar-refractivity contribution in [1.82, 2.24) is 4.57 Å². The fourth-order valence-corrected chi connectivity index (χ4v) is 5.26. The Balaban J connectivity index is 1.65. The van der Waals surface area contributed by atoms with Gasteiger partial charge in [-0.15, -0.1) is 10.2 Å². The van der Waals surface area contributed by atoms with Crippen molar-refractivity contribution in [2.24, 2.45) is 10.2 Å². The number of hydrogen-bond donors (Lipinski definition) is 1. The molecule has 0 aliphatic carbocycles. The van der Waals surface area contributed by atoms with Gasteiger partial charge in [0.05, 0.1) is 11.3 Å². The van der Waals surface area contributed by atoms with Crippen molar-refractivity contribution in [2.75, 3.05) is 5.32 Å². The third-order valence-electron chi connectivity index (χ3n) is 5.66. The van der Waals surface area contributed by atoms with Crippen molar-refractivity contribution in [2.45, 2.75) is 6.04 Å². The van der Waals surface area contributed by atoms with Crippen molar-refractivity contribution in [1.29, 1.82) is 0 Å². The highest BCUT2D eigenvalue weighted by atomic mass is 32.1. The predicted octanol–water partition coefficient (Wildman–Crippen LogP) is 2.69. The minimum atomic E-state index is -0.441. The zero-order chi connectivity index (χ0) is 21.7. The first kappa shape index (κ1) is 18.7. The second-order valence-corrected chi connectivity index (χ2v) is 8.51. The van der Waals surface area contributed by atoms with E-state index in [9.17, 15) is 9.59 Å². The summed E-state index contributed by atoms with van der Waals surface area (Å²) in [6.07, 6.45) is 0. The number of carbonyl (C=O) groups is 1. The molecule has 0 unspecified atom stereocenters. The molecule has 3 aromatic carbocycles. The van der Waals surface area contributed by atoms with Crippen LogP contribution in [0.5, 0.6) is 0 Å². The van der Waals surface area contributed by atoms with Crippen LogP contribution in [-0.2, 0) is 4.79 Å². The number of nitrogens with zero attached hydrogens (tertiary/aromatic N) is 3. The van der Waals surface area contributed by atoms with Gasteiger partial charge in [-0.05, 0) is 11.6 Å². The number of benzene rings is 3. The molecule has 6 nitrogen and oxygen atoms in total. The standard InChI is InChI=1S/C25H16N4O2S/c30-23-19(17-13-7-8-14-18(17)26-23)22-24(31)29-21(16-11-5-2-6-12-16)20(27-28-25(29)32-22)15-9-3-1-4-10-15/h1-14,21H,(H,26,30)/b22-19-/t21-/m1/s1. The fourth-order valence-electron chi connectivity index (χ4n) is 4.22. The lowest BCUT2D eigenvalue weighted by atomic mass is 9.96. The van der Waals surface area contributed by atoms with Crippen LogP contribution in [0.4, 0.5) is 5.69 Å². The van der Waals surface area contributed by atoms with E-state index >= 15 is 0 Å². The van der Waals surface area contributed by atoms with Gasteiger partial charge in [-0.2, -0.15) is 0 Å². The van der Waals surface area contributed by atoms with Crippen LogP contribution in [-0.4, -0.2) is 16.2 Å². The summed E-state index contributed by atoms with van der Waals surface area (Å²) in [5.41, 5.74) is 4.10. The Hall–Kier alpha value is -4.10. The Kier molecular flexibility index (Phi) is 4.22. The maximum atomic E-state index is 13.8. The number of nitrogens with one attached hydrogen (secondary N) is 1. The van der Waals surface area contributed by atoms with Crippen LogP contribution in [0.1, 0.15) is 22.7 Å². The van der Waals surface area contributed by atoms with Crippen LogP contribution >= 0.6 is 11.3 Å². The fraction of sp³-hybridized carbons (Fsp3) is 0.0400. The van der Waals surface area contributed by atoms with E-state index in [1.165, 1.54) is 11.3 Å². The highest BCUT2D eigenvalue weighted by Crippen LogP contribution is 2.29. The molecule has 0 bridgehead atoms. The first-order chi connectivity index (χ1) is 15.7. The molecule has 1 aromatic heterocycles. The molecule has 4 aromatic rings. The van der Waals surface area contributed by atoms with E-state index in [-0.39, 0.29) is 11.5 Å². The number of amides is 1. The van der Waals surface area contributed by atoms with Crippen molar-refractivity contribution in [3.05, 3.63) is 121 Å². The van der Waals surface area contributed by atoms with Crippen LogP contribution in [0.2, 0.25) is 0 Å². The average Bonchev–Trinajstić information content (AvgIpc) is 3.35. The molecule has 2 aliphatic rings. The number of fused-ring (bicyclic) bond motifs is 2. The van der Waals surface area contributed by atoms with Gasteiger partial charge in [-0.25, -0.2) is 0 Å². The topological polar surface area (TPSA) is 75.8 Å². The van der Waals surface area contributed by atoms with Crippen LogP contribution in [0.25, 0.3) is 5.57 Å². The molecular formula is C25H16N4O2S. The number of aromatic nitrogens is 1. The van der Waals surface area contributed by atoms with E-state index in [0.717, 1.165) is 16.7 Å². The Bertz CT molecular complexity index is 1580. The highest BCUT2D eigenvalue weighted by Gasteiger charge is 2.31. The molecule has 0 saturated carbocycles. The molecule has 1 atom stereocenters. The molecule has 1 amide bonds. The van der Waals surface area contributed by atoms with E-state index in [2.05, 4.69) is 15.5 Å². The summed E-state index contributed by atoms with van der Waals surface area (Å²) in [7, 11) is 0. The number of anilines is 1. The maximum absolute atomic E-state index is 13.8. The number of para-hydroxylation sites is 1. The number of hydrogen-bond acceptors (Lipinski definition) is 5. The van der Waals surface area contributed by atoms with Gasteiger partial charge >= 0.3 is 0 Å². The summed E-state index contributed by atoms with van der Waals surface area (Å²) in [4.78, 5) is 27.0. The van der Waals surface area contributed by atoms with Gasteiger partial charge in [0.15, 0.2) is 0 Å². The van der Waals surface area contributed by atoms with Crippen LogP contribution < -0.4 is 20.2 Å². The molecule has 32 heavy (non-hydrogen) atoms. The SMILES string of the molecule is O=C1Nc2ccccc2/C1=c1/sc2n(c1=O)[C@H](c1ccccc1)C(c1ccccc1)=NN=2. The second-order valence-electron chi connectivity index (χ2n) is 7.53. The van der Waals surface area contributed by atoms with Crippen LogP contribution in [0.3, 0.4) is 0 Å². The second kappa shape index (κ2) is 7.25. The van der Waals surface area contributed by atoms with Crippen molar-refractivity contribution >= 4 is 34.2 Å². The van der Waals surface area contributed by atoms with Gasteiger partial charge in [0, 0.05) is 16.8 Å². The van der Waals surface area contributed by atoms with Gasteiger partial charge in [-0.1, -0.05) is 90.2 Å². The lowest BCUT2D eigenvalue weighted by Gasteiger charge is -2.22. The lowest BCUT2D eigenvalue weighted by Crippen LogP contribution is -2.41. The van der Waals surface area contributed by atoms with Gasteiger partial charge in [0.2, 0.25) is 4.80 Å². The normalized spacial score (nSPS) is 18.3. The molecule has 0 radical (unpaired) electrons. The summed E-state index contributed by atoms with van der Waals surface area (Å²) in [6.45, 7) is 0. The molecule has 0 saturated heterocycles. The molecular weight excluding hydrogens is 420 g/mol. The van der Waals surface area contributed by atoms with Crippen LogP contribution in [0.15, 0.2) is 99.9 Å². The number of thiazole rings is 1. The predicted molar refractivity (Wildman–Crippen MR) is 125 cm³/mol. The molecule has 154 valence electrons. The van der Waals surface area contributed by atoms with Crippen LogP contribution in [0, 0.1) is 0 Å². The Morgan fingerprint density at radius 3 is 2.28 bits per heavy atom. The van der Waals surface area contributed by atoms with Crippen molar-refractivity contribution in [3.63, 3.8) is 0 Å². The minimum absolute atomic E-state index is 0.243. The molecule has 3 heterocycles. The molecule has 0 spiro atoms. The summed E-state index contributed by atoms with van der Waals surface area (Å²) in [5, 5.41) is 11.8. The summed E-state index contributed by atoms with van der Waals surface area (Å²) in [5.74, 6) is -0.275. The molecule has 0 fully saturated rings. The molecule has 6 rings (SSSR count). The Morgan fingerprint density at radius 2 is 1.50 bits per heavy atom. The van der Waals surface area contributed by atoms with E-state index in [1.54, 1.807) is 4.57 Å². The van der Waals surface area contributed by atoms with Gasteiger partial charge in [-0.3, -0.25) is 14.2 Å². The Labute approximate surface area is 186 Å². The monoisotopic (exact) mass is 436 g/mol. The smallest absolute Gasteiger partial charge is 0.272 e. The third-order valence-corrected chi connectivity index (χ3v) is 6.70. The van der Waals surface area contributed by atoms with Gasteiger partial charge in [0.1, 0.15) is 10.6 Å². The summed E-state index contributed by atoms with van der Waals surface area (Å²) >= 11 is 1.20.